The minimum Gasteiger partial charge on any atom is -0.370 e. The van der Waals surface area contributed by atoms with Crippen LogP contribution >= 0.6 is 0 Å². The Hall–Kier alpha value is -2.51. The van der Waals surface area contributed by atoms with Crippen molar-refractivity contribution in [3.63, 3.8) is 0 Å². The molecule has 2 aliphatic heterocycles. The van der Waals surface area contributed by atoms with Gasteiger partial charge in [-0.05, 0) is 129 Å². The molecule has 6 fully saturated rings. The number of unbranched alkanes of at least 4 members (excludes halogenated alkanes) is 2. The lowest BCUT2D eigenvalue weighted by molar-refractivity contribution is -0.122. The number of piperidine rings is 1. The quantitative estimate of drug-likeness (QED) is 0.215. The van der Waals surface area contributed by atoms with E-state index < -0.39 is 0 Å². The number of likely N-dealkylation sites (tertiary alicyclic amines) is 1. The lowest BCUT2D eigenvalue weighted by atomic mass is 9.56. The zero-order valence-corrected chi connectivity index (χ0v) is 33.2. The van der Waals surface area contributed by atoms with E-state index in [1.54, 1.807) is 0 Å². The van der Waals surface area contributed by atoms with E-state index in [-0.39, 0.29) is 28.9 Å². The second kappa shape index (κ2) is 14.5. The summed E-state index contributed by atoms with van der Waals surface area (Å²) in [6, 6.07) is 10.6. The number of aryl methyl sites for hydroxylation is 1. The Balaban J connectivity index is 0.807. The first-order valence-electron chi connectivity index (χ1n) is 21.7. The van der Waals surface area contributed by atoms with E-state index in [4.69, 9.17) is 4.74 Å². The highest BCUT2D eigenvalue weighted by Gasteiger charge is 2.77. The van der Waals surface area contributed by atoms with E-state index in [1.807, 2.05) is 18.2 Å². The molecule has 2 amide bonds. The molecular formula is C46H67N3O4. The molecule has 1 aromatic carbocycles. The van der Waals surface area contributed by atoms with E-state index in [0.717, 1.165) is 82.2 Å². The molecule has 2 heterocycles. The first-order chi connectivity index (χ1) is 25.5. The van der Waals surface area contributed by atoms with Gasteiger partial charge in [0, 0.05) is 57.4 Å². The third-order valence-electron chi connectivity index (χ3n) is 16.5. The number of ketones is 1. The fraction of sp³-hybridized carbons (Fsp3) is 0.761. The molecule has 5 aliphatic carbocycles. The molecule has 53 heavy (non-hydrogen) atoms. The molecule has 1 aromatic rings. The monoisotopic (exact) mass is 726 g/mol. The van der Waals surface area contributed by atoms with E-state index in [1.165, 1.54) is 49.7 Å². The Bertz CT molecular complexity index is 1580. The third-order valence-corrected chi connectivity index (χ3v) is 16.5. The number of benzene rings is 1. The van der Waals surface area contributed by atoms with Crippen LogP contribution in [-0.4, -0.2) is 66.4 Å². The highest BCUT2D eigenvalue weighted by molar-refractivity contribution is 5.91. The molecule has 8 rings (SSSR count). The molecule has 4 saturated carbocycles. The fourth-order valence-electron chi connectivity index (χ4n) is 13.8. The van der Waals surface area contributed by atoms with Gasteiger partial charge in [-0.25, -0.2) is 0 Å². The van der Waals surface area contributed by atoms with Gasteiger partial charge in [0.1, 0.15) is 0 Å². The zero-order chi connectivity index (χ0) is 37.0. The van der Waals surface area contributed by atoms with Gasteiger partial charge in [0.15, 0.2) is 5.78 Å². The van der Waals surface area contributed by atoms with Gasteiger partial charge in [-0.1, -0.05) is 70.0 Å². The summed E-state index contributed by atoms with van der Waals surface area (Å²) in [5.41, 5.74) is 3.69. The molecular weight excluding hydrogens is 659 g/mol. The fourth-order valence-corrected chi connectivity index (χ4v) is 13.8. The van der Waals surface area contributed by atoms with Gasteiger partial charge in [-0.15, -0.1) is 0 Å². The summed E-state index contributed by atoms with van der Waals surface area (Å²) < 4.78 is 7.42. The summed E-state index contributed by atoms with van der Waals surface area (Å²) in [6.45, 7) is 13.4. The minimum atomic E-state index is -0.0404. The van der Waals surface area contributed by atoms with Crippen molar-refractivity contribution < 1.29 is 19.1 Å². The summed E-state index contributed by atoms with van der Waals surface area (Å²) in [5, 5.41) is 6.28. The van der Waals surface area contributed by atoms with Crippen LogP contribution in [0.2, 0.25) is 0 Å². The highest BCUT2D eigenvalue weighted by atomic mass is 16.5. The van der Waals surface area contributed by atoms with Gasteiger partial charge in [0.25, 0.3) is 0 Å². The lowest BCUT2D eigenvalue weighted by Gasteiger charge is -2.48. The molecule has 290 valence electrons. The van der Waals surface area contributed by atoms with Crippen molar-refractivity contribution in [1.82, 2.24) is 15.5 Å². The highest BCUT2D eigenvalue weighted by Crippen LogP contribution is 2.83. The first kappa shape index (κ1) is 37.4. The topological polar surface area (TPSA) is 87.7 Å². The minimum absolute atomic E-state index is 0.0404. The number of nitrogens with one attached hydrogen (secondary N) is 2. The molecule has 0 radical (unpaired) electrons. The van der Waals surface area contributed by atoms with Gasteiger partial charge in [0.2, 0.25) is 11.8 Å². The SMILES string of the molecule is C[C@H]1C[C@H]2OC3(CC[C@H]4[C@@H]5CCC6=CC(=O)CC[C@]6(C)[C@H]5CC45CC5(C)C3)[C@H](C)[C@@H]2N(CCNC(=O)CCCCCNC(=O)CCc2ccccc2)C1. The number of carbonyl (C=O) groups is 3. The van der Waals surface area contributed by atoms with Gasteiger partial charge in [-0.3, -0.25) is 19.3 Å². The molecule has 7 nitrogen and oxygen atoms in total. The zero-order valence-electron chi connectivity index (χ0n) is 33.2. The molecule has 0 aromatic heterocycles. The second-order valence-corrected chi connectivity index (χ2v) is 19.6. The summed E-state index contributed by atoms with van der Waals surface area (Å²) in [7, 11) is 0. The summed E-state index contributed by atoms with van der Waals surface area (Å²) in [4.78, 5) is 40.1. The predicted molar refractivity (Wildman–Crippen MR) is 209 cm³/mol. The Labute approximate surface area is 319 Å². The molecule has 2 N–H and O–H groups in total. The number of allylic oxidation sites excluding steroid dienone is 2. The van der Waals surface area contributed by atoms with E-state index in [2.05, 4.69) is 61.4 Å². The van der Waals surface area contributed by atoms with Gasteiger partial charge in [0.05, 0.1) is 11.7 Å². The number of ether oxygens (including phenoxy) is 1. The Morgan fingerprint density at radius 1 is 0.906 bits per heavy atom. The van der Waals surface area contributed by atoms with Crippen LogP contribution in [0.15, 0.2) is 42.0 Å². The van der Waals surface area contributed by atoms with Crippen LogP contribution in [-0.2, 0) is 25.5 Å². The van der Waals surface area contributed by atoms with Crippen LogP contribution in [0.25, 0.3) is 0 Å². The Morgan fingerprint density at radius 3 is 2.53 bits per heavy atom. The van der Waals surface area contributed by atoms with Crippen molar-refractivity contribution in [2.45, 2.75) is 148 Å². The van der Waals surface area contributed by atoms with Crippen LogP contribution in [0.3, 0.4) is 0 Å². The lowest BCUT2D eigenvalue weighted by Crippen LogP contribution is -2.53. The third kappa shape index (κ3) is 6.87. The van der Waals surface area contributed by atoms with Crippen LogP contribution in [0.1, 0.15) is 130 Å². The van der Waals surface area contributed by atoms with Crippen LogP contribution in [0, 0.1) is 45.8 Å². The van der Waals surface area contributed by atoms with E-state index in [9.17, 15) is 14.4 Å². The summed E-state index contributed by atoms with van der Waals surface area (Å²) >= 11 is 0. The number of hydrogen-bond donors (Lipinski definition) is 2. The van der Waals surface area contributed by atoms with E-state index >= 15 is 0 Å². The molecule has 2 saturated heterocycles. The van der Waals surface area contributed by atoms with Crippen LogP contribution in [0.5, 0.6) is 0 Å². The molecule has 2 spiro atoms. The first-order valence-corrected chi connectivity index (χ1v) is 21.7. The van der Waals surface area contributed by atoms with E-state index in [0.29, 0.717) is 60.4 Å². The maximum absolute atomic E-state index is 12.8. The average Bonchev–Trinajstić information content (AvgIpc) is 3.44. The normalized spacial score (nSPS) is 41.3. The van der Waals surface area contributed by atoms with Crippen molar-refractivity contribution in [2.24, 2.45) is 45.8 Å². The largest absolute Gasteiger partial charge is 0.370 e. The summed E-state index contributed by atoms with van der Waals surface area (Å²) in [6.07, 6.45) is 18.7. The Kier molecular flexibility index (Phi) is 10.3. The molecule has 11 atom stereocenters. The van der Waals surface area contributed by atoms with Gasteiger partial charge >= 0.3 is 0 Å². The molecule has 3 unspecified atom stereocenters. The van der Waals surface area contributed by atoms with Gasteiger partial charge < -0.3 is 15.4 Å². The molecule has 7 heteroatoms. The van der Waals surface area contributed by atoms with Crippen LogP contribution < -0.4 is 10.6 Å². The average molecular weight is 726 g/mol. The number of nitrogens with zero attached hydrogens (tertiary/aromatic N) is 1. The van der Waals surface area contributed by atoms with Crippen molar-refractivity contribution in [3.05, 3.63) is 47.5 Å². The van der Waals surface area contributed by atoms with Gasteiger partial charge in [-0.2, -0.15) is 0 Å². The standard InChI is InChI=1S/C46H67N3O4/c1-31-25-39-42(49(28-31)24-23-48-40(51)13-9-6-10-22-47-41(52)17-14-33-11-7-5-8-12-33)32(2)46(53-39)21-19-37-36-16-15-34-26-35(50)18-20-44(34,4)38(36)27-45(37)29-43(45,3)30-46/h5,7-8,11-12,26,31-32,36-39,42H,6,9-10,13-25,27-30H2,1-4H3,(H,47,52)(H,48,51)/t31-,32+,36-,37-,38-,39+,42-,43?,44-,45?,46?/m0/s1. The number of rotatable bonds is 12. The number of hydrogen-bond acceptors (Lipinski definition) is 5. The van der Waals surface area contributed by atoms with Crippen molar-refractivity contribution >= 4 is 17.6 Å². The number of fused-ring (bicyclic) bond motifs is 5. The predicted octanol–water partition coefficient (Wildman–Crippen LogP) is 7.82. The number of carbonyl (C=O) groups excluding carboxylic acids is 3. The maximum Gasteiger partial charge on any atom is 0.220 e. The van der Waals surface area contributed by atoms with Crippen molar-refractivity contribution in [1.29, 1.82) is 0 Å². The smallest absolute Gasteiger partial charge is 0.220 e. The second-order valence-electron chi connectivity index (χ2n) is 19.6. The van der Waals surface area contributed by atoms with Crippen molar-refractivity contribution in [3.8, 4) is 0 Å². The molecule has 7 aliphatic rings. The number of amides is 2. The van der Waals surface area contributed by atoms with Crippen molar-refractivity contribution in [2.75, 3.05) is 26.2 Å². The summed E-state index contributed by atoms with van der Waals surface area (Å²) in [5.74, 6) is 4.04. The van der Waals surface area contributed by atoms with Crippen LogP contribution in [0.4, 0.5) is 0 Å². The molecule has 0 bridgehead atoms. The maximum atomic E-state index is 12.8. The Morgan fingerprint density at radius 2 is 1.70 bits per heavy atom.